The van der Waals surface area contributed by atoms with E-state index in [0.29, 0.717) is 22.3 Å². The number of amides is 1. The van der Waals surface area contributed by atoms with Crippen LogP contribution in [0.4, 0.5) is 0 Å². The summed E-state index contributed by atoms with van der Waals surface area (Å²) in [6.45, 7) is 0. The average Bonchev–Trinajstić information content (AvgIpc) is 3.09. The monoisotopic (exact) mass is 335 g/mol. The first kappa shape index (κ1) is 15.7. The molecule has 0 saturated heterocycles. The third-order valence-corrected chi connectivity index (χ3v) is 4.52. The predicted molar refractivity (Wildman–Crippen MR) is 84.6 cm³/mol. The first-order valence-corrected chi connectivity index (χ1v) is 7.93. The maximum atomic E-state index is 12.4. The molecular weight excluding hydrogens is 318 g/mol. The number of tetrazole rings is 1. The van der Waals surface area contributed by atoms with E-state index in [0.717, 1.165) is 31.5 Å². The highest BCUT2D eigenvalue weighted by molar-refractivity contribution is 6.34. The van der Waals surface area contributed by atoms with Gasteiger partial charge in [0.2, 0.25) is 0 Å². The number of methoxy groups -OCH3 is 1. The van der Waals surface area contributed by atoms with Crippen LogP contribution in [0.1, 0.15) is 47.8 Å². The lowest BCUT2D eigenvalue weighted by Crippen LogP contribution is -2.37. The molecule has 1 aliphatic carbocycles. The summed E-state index contributed by atoms with van der Waals surface area (Å²) in [5.41, 5.74) is 0.466. The molecule has 1 saturated carbocycles. The molecule has 8 heteroatoms. The fraction of sp³-hybridized carbons (Fsp3) is 0.467. The Morgan fingerprint density at radius 1 is 1.35 bits per heavy atom. The van der Waals surface area contributed by atoms with Gasteiger partial charge in [0.1, 0.15) is 5.75 Å². The number of hydrogen-bond acceptors (Lipinski definition) is 5. The molecule has 0 bridgehead atoms. The van der Waals surface area contributed by atoms with Crippen molar-refractivity contribution in [2.24, 2.45) is 0 Å². The molecular formula is C15H18ClN5O2. The smallest absolute Gasteiger partial charge is 0.253 e. The summed E-state index contributed by atoms with van der Waals surface area (Å²) >= 11 is 6.14. The molecule has 0 unspecified atom stereocenters. The zero-order valence-corrected chi connectivity index (χ0v) is 13.5. The topological polar surface area (TPSA) is 92.8 Å². The summed E-state index contributed by atoms with van der Waals surface area (Å²) in [6.07, 6.45) is 3.64. The highest BCUT2D eigenvalue weighted by atomic mass is 35.5. The normalized spacial score (nSPS) is 21.0. The third kappa shape index (κ3) is 3.61. The van der Waals surface area contributed by atoms with Crippen molar-refractivity contribution in [3.05, 3.63) is 34.6 Å². The number of benzene rings is 1. The zero-order chi connectivity index (χ0) is 16.2. The Bertz CT molecular complexity index is 669. The quantitative estimate of drug-likeness (QED) is 0.894. The first-order chi connectivity index (χ1) is 11.2. The van der Waals surface area contributed by atoms with Crippen LogP contribution in [0.15, 0.2) is 18.2 Å². The number of H-pyrrole nitrogens is 1. The van der Waals surface area contributed by atoms with Crippen molar-refractivity contribution in [1.82, 2.24) is 25.9 Å². The largest absolute Gasteiger partial charge is 0.497 e. The van der Waals surface area contributed by atoms with Crippen LogP contribution >= 0.6 is 11.6 Å². The minimum atomic E-state index is -0.152. The van der Waals surface area contributed by atoms with Gasteiger partial charge in [-0.05, 0) is 43.9 Å². The molecule has 1 amide bonds. The fourth-order valence-corrected chi connectivity index (χ4v) is 3.16. The number of nitrogens with one attached hydrogen (secondary N) is 2. The maximum absolute atomic E-state index is 12.4. The van der Waals surface area contributed by atoms with Crippen molar-refractivity contribution in [1.29, 1.82) is 0 Å². The van der Waals surface area contributed by atoms with Gasteiger partial charge >= 0.3 is 0 Å². The van der Waals surface area contributed by atoms with Crippen LogP contribution in [-0.2, 0) is 0 Å². The van der Waals surface area contributed by atoms with E-state index in [2.05, 4.69) is 25.9 Å². The number of aromatic amines is 1. The molecule has 2 aromatic rings. The summed E-state index contributed by atoms with van der Waals surface area (Å²) < 4.78 is 5.09. The van der Waals surface area contributed by atoms with Crippen LogP contribution < -0.4 is 10.1 Å². The molecule has 1 aromatic carbocycles. The molecule has 1 fully saturated rings. The van der Waals surface area contributed by atoms with Crippen LogP contribution in [0.2, 0.25) is 5.02 Å². The Morgan fingerprint density at radius 3 is 2.74 bits per heavy atom. The number of aromatic nitrogens is 4. The molecule has 7 nitrogen and oxygen atoms in total. The SMILES string of the molecule is COc1ccc(C(=O)NC2CCC(c3nn[nH]n3)CC2)c(Cl)c1. The van der Waals surface area contributed by atoms with Gasteiger partial charge in [0.05, 0.1) is 17.7 Å². The van der Waals surface area contributed by atoms with E-state index in [9.17, 15) is 4.79 Å². The van der Waals surface area contributed by atoms with Crippen LogP contribution in [-0.4, -0.2) is 39.7 Å². The molecule has 23 heavy (non-hydrogen) atoms. The van der Waals surface area contributed by atoms with Gasteiger partial charge in [-0.2, -0.15) is 5.21 Å². The Morgan fingerprint density at radius 2 is 2.13 bits per heavy atom. The van der Waals surface area contributed by atoms with Gasteiger partial charge in [-0.15, -0.1) is 10.2 Å². The number of nitrogens with zero attached hydrogens (tertiary/aromatic N) is 3. The number of carbonyl (C=O) groups excluding carboxylic acids is 1. The summed E-state index contributed by atoms with van der Waals surface area (Å²) in [5.74, 6) is 1.55. The van der Waals surface area contributed by atoms with Crippen LogP contribution in [0.5, 0.6) is 5.75 Å². The van der Waals surface area contributed by atoms with Gasteiger partial charge in [-0.1, -0.05) is 16.8 Å². The van der Waals surface area contributed by atoms with Crippen LogP contribution in [0, 0.1) is 0 Å². The van der Waals surface area contributed by atoms with Crippen molar-refractivity contribution in [2.75, 3.05) is 7.11 Å². The molecule has 0 aliphatic heterocycles. The van der Waals surface area contributed by atoms with Crippen LogP contribution in [0.25, 0.3) is 0 Å². The Hall–Kier alpha value is -2.15. The minimum Gasteiger partial charge on any atom is -0.497 e. The van der Waals surface area contributed by atoms with E-state index >= 15 is 0 Å². The number of carbonyl (C=O) groups is 1. The second kappa shape index (κ2) is 6.95. The number of hydrogen-bond donors (Lipinski definition) is 2. The highest BCUT2D eigenvalue weighted by Crippen LogP contribution is 2.31. The summed E-state index contributed by atoms with van der Waals surface area (Å²) in [5, 5.41) is 17.6. The van der Waals surface area contributed by atoms with Gasteiger partial charge in [0.15, 0.2) is 5.82 Å². The second-order valence-corrected chi connectivity index (χ2v) is 6.04. The summed E-state index contributed by atoms with van der Waals surface area (Å²) in [6, 6.07) is 5.20. The van der Waals surface area contributed by atoms with Crippen LogP contribution in [0.3, 0.4) is 0 Å². The molecule has 0 atom stereocenters. The summed E-state index contributed by atoms with van der Waals surface area (Å²) in [4.78, 5) is 12.4. The lowest BCUT2D eigenvalue weighted by atomic mass is 9.85. The number of ether oxygens (including phenoxy) is 1. The van der Waals surface area contributed by atoms with Crippen molar-refractivity contribution < 1.29 is 9.53 Å². The fourth-order valence-electron chi connectivity index (χ4n) is 2.91. The minimum absolute atomic E-state index is 0.142. The van der Waals surface area contributed by atoms with E-state index < -0.39 is 0 Å². The maximum Gasteiger partial charge on any atom is 0.253 e. The second-order valence-electron chi connectivity index (χ2n) is 5.64. The molecule has 1 aliphatic rings. The van der Waals surface area contributed by atoms with Gasteiger partial charge < -0.3 is 10.1 Å². The molecule has 122 valence electrons. The van der Waals surface area contributed by atoms with Crippen molar-refractivity contribution >= 4 is 17.5 Å². The Labute approximate surface area is 138 Å². The predicted octanol–water partition coefficient (Wildman–Crippen LogP) is 2.32. The van der Waals surface area contributed by atoms with Gasteiger partial charge in [-0.3, -0.25) is 4.79 Å². The molecule has 3 rings (SSSR count). The van der Waals surface area contributed by atoms with Crippen molar-refractivity contribution in [3.63, 3.8) is 0 Å². The van der Waals surface area contributed by atoms with Gasteiger partial charge in [0, 0.05) is 12.0 Å². The Balaban J connectivity index is 1.57. The third-order valence-electron chi connectivity index (χ3n) is 4.21. The lowest BCUT2D eigenvalue weighted by molar-refractivity contribution is 0.0925. The van der Waals surface area contributed by atoms with Crippen molar-refractivity contribution in [2.45, 2.75) is 37.6 Å². The molecule has 1 aromatic heterocycles. The van der Waals surface area contributed by atoms with E-state index in [4.69, 9.17) is 16.3 Å². The summed E-state index contributed by atoms with van der Waals surface area (Å²) in [7, 11) is 1.56. The highest BCUT2D eigenvalue weighted by Gasteiger charge is 2.26. The van der Waals surface area contributed by atoms with E-state index in [1.54, 1.807) is 25.3 Å². The van der Waals surface area contributed by atoms with Gasteiger partial charge in [-0.25, -0.2) is 0 Å². The standard InChI is InChI=1S/C15H18ClN5O2/c1-23-11-6-7-12(13(16)8-11)15(22)17-10-4-2-9(3-5-10)14-18-20-21-19-14/h6-10H,2-5H2,1H3,(H,17,22)(H,18,19,20,21). The zero-order valence-electron chi connectivity index (χ0n) is 12.8. The lowest BCUT2D eigenvalue weighted by Gasteiger charge is -2.27. The molecule has 2 N–H and O–H groups in total. The number of rotatable bonds is 4. The Kier molecular flexibility index (Phi) is 4.76. The number of halogens is 1. The van der Waals surface area contributed by atoms with E-state index in [-0.39, 0.29) is 11.9 Å². The van der Waals surface area contributed by atoms with Crippen molar-refractivity contribution in [3.8, 4) is 5.75 Å². The average molecular weight is 336 g/mol. The van der Waals surface area contributed by atoms with E-state index in [1.165, 1.54) is 0 Å². The first-order valence-electron chi connectivity index (χ1n) is 7.55. The van der Waals surface area contributed by atoms with E-state index in [1.807, 2.05) is 0 Å². The molecule has 0 spiro atoms. The van der Waals surface area contributed by atoms with Gasteiger partial charge in [0.25, 0.3) is 5.91 Å². The molecule has 0 radical (unpaired) electrons. The molecule has 1 heterocycles.